The summed E-state index contributed by atoms with van der Waals surface area (Å²) in [6.45, 7) is 0. The lowest BCUT2D eigenvalue weighted by Crippen LogP contribution is -2.12. The molecule has 0 aliphatic rings. The van der Waals surface area contributed by atoms with Crippen LogP contribution in [0.4, 0.5) is 5.69 Å². The molecule has 0 fully saturated rings. The van der Waals surface area contributed by atoms with E-state index in [9.17, 15) is 4.79 Å². The molecule has 2 aromatic heterocycles. The highest BCUT2D eigenvalue weighted by Crippen LogP contribution is 2.24. The first kappa shape index (κ1) is 13.2. The maximum Gasteiger partial charge on any atom is 0.275 e. The molecule has 21 heavy (non-hydrogen) atoms. The number of thiazole rings is 1. The van der Waals surface area contributed by atoms with E-state index in [2.05, 4.69) is 16.2 Å². The number of hydrogen-bond acceptors (Lipinski definition) is 4. The minimum absolute atomic E-state index is 0.279. The number of carbonyl (C=O) groups is 1. The number of rotatable bonds is 3. The molecule has 0 aliphatic heterocycles. The number of amides is 1. The molecule has 0 atom stereocenters. The zero-order valence-electron chi connectivity index (χ0n) is 10.9. The minimum atomic E-state index is -0.279. The summed E-state index contributed by atoms with van der Waals surface area (Å²) in [5, 5.41) is 5.13. The quantitative estimate of drug-likeness (QED) is 0.750. The Kier molecular flexibility index (Phi) is 3.54. The third-order valence-electron chi connectivity index (χ3n) is 2.76. The summed E-state index contributed by atoms with van der Waals surface area (Å²) >= 11 is 1.36. The van der Waals surface area contributed by atoms with E-state index in [0.717, 1.165) is 0 Å². The topological polar surface area (TPSA) is 55.1 Å². The van der Waals surface area contributed by atoms with Crippen molar-refractivity contribution in [2.45, 2.75) is 0 Å². The third kappa shape index (κ3) is 2.86. The average Bonchev–Trinajstić information content (AvgIpc) is 3.18. The van der Waals surface area contributed by atoms with Crippen LogP contribution >= 0.6 is 11.3 Å². The van der Waals surface area contributed by atoms with Gasteiger partial charge in [-0.05, 0) is 30.3 Å². The number of nitrogens with one attached hydrogen (secondary N) is 1. The van der Waals surface area contributed by atoms with Crippen molar-refractivity contribution >= 4 is 22.9 Å². The predicted octanol–water partition coefficient (Wildman–Crippen LogP) is 3.64. The van der Waals surface area contributed by atoms with Gasteiger partial charge in [0.25, 0.3) is 5.91 Å². The summed E-state index contributed by atoms with van der Waals surface area (Å²) in [7, 11) is 0. The van der Waals surface area contributed by atoms with Crippen molar-refractivity contribution in [3.8, 4) is 23.1 Å². The molecule has 102 valence electrons. The van der Waals surface area contributed by atoms with Gasteiger partial charge in [0, 0.05) is 16.6 Å². The van der Waals surface area contributed by atoms with Gasteiger partial charge in [-0.3, -0.25) is 4.79 Å². The van der Waals surface area contributed by atoms with Gasteiger partial charge in [0.2, 0.25) is 0 Å². The monoisotopic (exact) mass is 294 g/mol. The molecule has 2 heterocycles. The number of furan rings is 1. The van der Waals surface area contributed by atoms with Crippen LogP contribution in [-0.4, -0.2) is 10.9 Å². The number of terminal acetylenes is 1. The number of anilines is 1. The normalized spacial score (nSPS) is 10.0. The zero-order valence-corrected chi connectivity index (χ0v) is 11.7. The molecule has 0 saturated carbocycles. The van der Waals surface area contributed by atoms with Crippen LogP contribution in [0.2, 0.25) is 0 Å². The highest BCUT2D eigenvalue weighted by atomic mass is 32.1. The van der Waals surface area contributed by atoms with E-state index in [1.165, 1.54) is 11.3 Å². The Hall–Kier alpha value is -2.84. The number of hydrogen-bond donors (Lipinski definition) is 1. The van der Waals surface area contributed by atoms with E-state index >= 15 is 0 Å². The standard InChI is InChI=1S/C16H10N2O2S/c1-2-11-5-3-6-12(9-11)17-15(19)13-10-21-16(18-13)14-7-4-8-20-14/h1,3-10H,(H,17,19). The van der Waals surface area contributed by atoms with E-state index in [4.69, 9.17) is 10.8 Å². The lowest BCUT2D eigenvalue weighted by atomic mass is 10.2. The smallest absolute Gasteiger partial charge is 0.275 e. The van der Waals surface area contributed by atoms with Gasteiger partial charge in [-0.1, -0.05) is 12.0 Å². The summed E-state index contributed by atoms with van der Waals surface area (Å²) in [4.78, 5) is 16.4. The Morgan fingerprint density at radius 3 is 3.00 bits per heavy atom. The second-order valence-electron chi connectivity index (χ2n) is 4.19. The van der Waals surface area contributed by atoms with Crippen molar-refractivity contribution in [2.75, 3.05) is 5.32 Å². The second kappa shape index (κ2) is 5.65. The number of aromatic nitrogens is 1. The van der Waals surface area contributed by atoms with Crippen LogP contribution < -0.4 is 5.32 Å². The van der Waals surface area contributed by atoms with Crippen molar-refractivity contribution < 1.29 is 9.21 Å². The molecule has 1 aromatic carbocycles. The lowest BCUT2D eigenvalue weighted by molar-refractivity contribution is 0.102. The predicted molar refractivity (Wildman–Crippen MR) is 82.1 cm³/mol. The van der Waals surface area contributed by atoms with Gasteiger partial charge in [-0.15, -0.1) is 17.8 Å². The van der Waals surface area contributed by atoms with E-state index < -0.39 is 0 Å². The van der Waals surface area contributed by atoms with Crippen molar-refractivity contribution in [1.82, 2.24) is 4.98 Å². The van der Waals surface area contributed by atoms with Gasteiger partial charge in [-0.25, -0.2) is 4.98 Å². The first-order valence-electron chi connectivity index (χ1n) is 6.14. The van der Waals surface area contributed by atoms with Crippen molar-refractivity contribution in [1.29, 1.82) is 0 Å². The molecule has 0 spiro atoms. The van der Waals surface area contributed by atoms with E-state index in [0.29, 0.717) is 27.7 Å². The van der Waals surface area contributed by atoms with Crippen LogP contribution in [0, 0.1) is 12.3 Å². The largest absolute Gasteiger partial charge is 0.462 e. The molecule has 5 heteroatoms. The molecule has 4 nitrogen and oxygen atoms in total. The molecule has 0 radical (unpaired) electrons. The highest BCUT2D eigenvalue weighted by molar-refractivity contribution is 7.13. The second-order valence-corrected chi connectivity index (χ2v) is 5.05. The molecule has 3 rings (SSSR count). The fraction of sp³-hybridized carbons (Fsp3) is 0. The molecule has 0 unspecified atom stereocenters. The van der Waals surface area contributed by atoms with Gasteiger partial charge in [-0.2, -0.15) is 0 Å². The van der Waals surface area contributed by atoms with Gasteiger partial charge < -0.3 is 9.73 Å². The van der Waals surface area contributed by atoms with Crippen LogP contribution in [0.3, 0.4) is 0 Å². The molecular weight excluding hydrogens is 284 g/mol. The molecule has 0 aliphatic carbocycles. The summed E-state index contributed by atoms with van der Waals surface area (Å²) in [5.74, 6) is 2.89. The summed E-state index contributed by atoms with van der Waals surface area (Å²) in [6, 6.07) is 10.7. The Balaban J connectivity index is 1.78. The summed E-state index contributed by atoms with van der Waals surface area (Å²) in [5.41, 5.74) is 1.70. The molecule has 1 amide bonds. The van der Waals surface area contributed by atoms with Gasteiger partial charge in [0.1, 0.15) is 5.69 Å². The Morgan fingerprint density at radius 2 is 2.24 bits per heavy atom. The molecule has 0 saturated heterocycles. The minimum Gasteiger partial charge on any atom is -0.462 e. The molecular formula is C16H10N2O2S. The van der Waals surface area contributed by atoms with E-state index in [1.54, 1.807) is 48.0 Å². The van der Waals surface area contributed by atoms with Crippen molar-refractivity contribution in [3.05, 3.63) is 59.3 Å². The van der Waals surface area contributed by atoms with Crippen molar-refractivity contribution in [2.24, 2.45) is 0 Å². The fourth-order valence-electron chi connectivity index (χ4n) is 1.77. The number of nitrogens with zero attached hydrogens (tertiary/aromatic N) is 1. The summed E-state index contributed by atoms with van der Waals surface area (Å²) < 4.78 is 5.26. The van der Waals surface area contributed by atoms with E-state index in [1.807, 2.05) is 0 Å². The highest BCUT2D eigenvalue weighted by Gasteiger charge is 2.13. The van der Waals surface area contributed by atoms with Gasteiger partial charge in [0.15, 0.2) is 10.8 Å². The number of benzene rings is 1. The molecule has 1 N–H and O–H groups in total. The maximum absolute atomic E-state index is 12.1. The van der Waals surface area contributed by atoms with Crippen LogP contribution in [-0.2, 0) is 0 Å². The van der Waals surface area contributed by atoms with Crippen LogP contribution in [0.15, 0.2) is 52.5 Å². The first-order chi connectivity index (χ1) is 10.3. The van der Waals surface area contributed by atoms with Crippen LogP contribution in [0.5, 0.6) is 0 Å². The fourth-order valence-corrected chi connectivity index (χ4v) is 2.54. The third-order valence-corrected chi connectivity index (χ3v) is 3.61. The van der Waals surface area contributed by atoms with Crippen LogP contribution in [0.1, 0.15) is 16.1 Å². The Bertz CT molecular complexity index is 813. The lowest BCUT2D eigenvalue weighted by Gasteiger charge is -2.03. The Morgan fingerprint density at radius 1 is 1.33 bits per heavy atom. The first-order valence-corrected chi connectivity index (χ1v) is 7.01. The molecule has 3 aromatic rings. The van der Waals surface area contributed by atoms with Crippen molar-refractivity contribution in [3.63, 3.8) is 0 Å². The van der Waals surface area contributed by atoms with Gasteiger partial charge >= 0.3 is 0 Å². The zero-order chi connectivity index (χ0) is 14.7. The SMILES string of the molecule is C#Cc1cccc(NC(=O)c2csc(-c3ccco3)n2)c1. The van der Waals surface area contributed by atoms with Crippen LogP contribution in [0.25, 0.3) is 10.8 Å². The number of carbonyl (C=O) groups excluding carboxylic acids is 1. The molecule has 0 bridgehead atoms. The van der Waals surface area contributed by atoms with E-state index in [-0.39, 0.29) is 5.91 Å². The summed E-state index contributed by atoms with van der Waals surface area (Å²) in [6.07, 6.45) is 6.91. The average molecular weight is 294 g/mol. The maximum atomic E-state index is 12.1. The Labute approximate surface area is 125 Å². The van der Waals surface area contributed by atoms with Gasteiger partial charge in [0.05, 0.1) is 6.26 Å².